The van der Waals surface area contributed by atoms with Crippen LogP contribution in [0.2, 0.25) is 0 Å². The fourth-order valence-electron chi connectivity index (χ4n) is 4.06. The summed E-state index contributed by atoms with van der Waals surface area (Å²) in [5, 5.41) is 47.5. The summed E-state index contributed by atoms with van der Waals surface area (Å²) >= 11 is 0. The van der Waals surface area contributed by atoms with Crippen molar-refractivity contribution in [3.05, 3.63) is 41.5 Å². The minimum Gasteiger partial charge on any atom is -0.507 e. The largest absolute Gasteiger partial charge is 0.507 e. The highest BCUT2D eigenvalue weighted by Gasteiger charge is 2.30. The molecule has 6 N–H and O–H groups in total. The molecule has 0 saturated heterocycles. The van der Waals surface area contributed by atoms with Crippen molar-refractivity contribution in [2.45, 2.75) is 52.5 Å². The molecule has 3 rings (SSSR count). The Morgan fingerprint density at radius 1 is 0.871 bits per heavy atom. The Morgan fingerprint density at radius 3 is 1.97 bits per heavy atom. The second kappa shape index (κ2) is 8.64. The first kappa shape index (κ1) is 22.7. The third-order valence-corrected chi connectivity index (χ3v) is 5.21. The van der Waals surface area contributed by atoms with E-state index in [9.17, 15) is 30.0 Å². The molecule has 0 radical (unpaired) electrons. The van der Waals surface area contributed by atoms with E-state index in [2.05, 4.69) is 10.6 Å². The highest BCUT2D eigenvalue weighted by Crippen LogP contribution is 2.44. The number of anilines is 1. The quantitative estimate of drug-likeness (QED) is 0.361. The predicted molar refractivity (Wildman–Crippen MR) is 116 cm³/mol. The fourth-order valence-corrected chi connectivity index (χ4v) is 4.06. The predicted octanol–water partition coefficient (Wildman–Crippen LogP) is 1.54. The number of benzene rings is 2. The van der Waals surface area contributed by atoms with Crippen LogP contribution in [0.3, 0.4) is 0 Å². The third-order valence-electron chi connectivity index (χ3n) is 5.21. The molecule has 0 amide bonds. The SMILES string of the molecule is CC(O)NC(C)N(c1ccc(O)c2cc3c(c(O)c12)C(=O)C=CC3=O)C(C)NC(C)O. The molecule has 2 aromatic rings. The molecule has 0 saturated carbocycles. The number of ketones is 2. The summed E-state index contributed by atoms with van der Waals surface area (Å²) in [7, 11) is 0. The molecular weight excluding hydrogens is 402 g/mol. The molecule has 0 aromatic heterocycles. The van der Waals surface area contributed by atoms with Crippen molar-refractivity contribution in [3.63, 3.8) is 0 Å². The number of nitrogens with zero attached hydrogens (tertiary/aromatic N) is 1. The van der Waals surface area contributed by atoms with Crippen LogP contribution in [-0.2, 0) is 0 Å². The molecule has 9 nitrogen and oxygen atoms in total. The number of carbonyl (C=O) groups excluding carboxylic acids is 2. The average Bonchev–Trinajstić information content (AvgIpc) is 2.65. The van der Waals surface area contributed by atoms with Crippen LogP contribution in [-0.4, -0.2) is 56.8 Å². The topological polar surface area (TPSA) is 142 Å². The number of hydrogen-bond acceptors (Lipinski definition) is 9. The number of allylic oxidation sites excluding steroid dienone is 2. The number of carbonyl (C=O) groups is 2. The minimum absolute atomic E-state index is 0.0156. The Labute approximate surface area is 179 Å². The van der Waals surface area contributed by atoms with Gasteiger partial charge in [-0.3, -0.25) is 20.2 Å². The monoisotopic (exact) mass is 429 g/mol. The van der Waals surface area contributed by atoms with Gasteiger partial charge in [0.2, 0.25) is 0 Å². The first-order chi connectivity index (χ1) is 14.5. The first-order valence-electron chi connectivity index (χ1n) is 9.97. The van der Waals surface area contributed by atoms with Crippen LogP contribution in [0.4, 0.5) is 5.69 Å². The number of nitrogens with one attached hydrogen (secondary N) is 2. The summed E-state index contributed by atoms with van der Waals surface area (Å²) in [4.78, 5) is 26.5. The number of rotatable bonds is 7. The van der Waals surface area contributed by atoms with Gasteiger partial charge in [-0.25, -0.2) is 0 Å². The zero-order valence-corrected chi connectivity index (χ0v) is 17.7. The number of aromatic hydroxyl groups is 2. The van der Waals surface area contributed by atoms with Crippen LogP contribution < -0.4 is 15.5 Å². The van der Waals surface area contributed by atoms with Crippen molar-refractivity contribution in [1.29, 1.82) is 0 Å². The normalized spacial score (nSPS) is 17.4. The van der Waals surface area contributed by atoms with E-state index in [4.69, 9.17) is 0 Å². The third kappa shape index (κ3) is 4.26. The smallest absolute Gasteiger partial charge is 0.190 e. The molecular formula is C22H27N3O6. The van der Waals surface area contributed by atoms with Gasteiger partial charge in [0, 0.05) is 10.9 Å². The van der Waals surface area contributed by atoms with Crippen LogP contribution >= 0.6 is 0 Å². The van der Waals surface area contributed by atoms with Crippen molar-refractivity contribution in [2.24, 2.45) is 0 Å². The van der Waals surface area contributed by atoms with Crippen molar-refractivity contribution in [2.75, 3.05) is 4.90 Å². The zero-order chi connectivity index (χ0) is 23.0. The van der Waals surface area contributed by atoms with Gasteiger partial charge in [-0.1, -0.05) is 0 Å². The zero-order valence-electron chi connectivity index (χ0n) is 17.7. The fraction of sp³-hybridized carbons (Fsp3) is 0.364. The van der Waals surface area contributed by atoms with Crippen LogP contribution in [0.5, 0.6) is 11.5 Å². The van der Waals surface area contributed by atoms with E-state index >= 15 is 0 Å². The summed E-state index contributed by atoms with van der Waals surface area (Å²) in [6.45, 7) is 6.67. The summed E-state index contributed by atoms with van der Waals surface area (Å²) in [5.41, 5.74) is 0.310. The average molecular weight is 429 g/mol. The molecule has 0 spiro atoms. The molecule has 1 aliphatic carbocycles. The van der Waals surface area contributed by atoms with E-state index in [1.807, 2.05) is 0 Å². The molecule has 4 unspecified atom stereocenters. The van der Waals surface area contributed by atoms with E-state index in [-0.39, 0.29) is 27.6 Å². The minimum atomic E-state index is -0.856. The Hall–Kier alpha value is -2.98. The van der Waals surface area contributed by atoms with Crippen molar-refractivity contribution in [1.82, 2.24) is 10.6 Å². The van der Waals surface area contributed by atoms with Crippen LogP contribution in [0.1, 0.15) is 48.4 Å². The lowest BCUT2D eigenvalue weighted by molar-refractivity contribution is 0.0992. The maximum absolute atomic E-state index is 12.5. The van der Waals surface area contributed by atoms with Gasteiger partial charge in [0.1, 0.15) is 24.0 Å². The van der Waals surface area contributed by atoms with E-state index in [0.717, 1.165) is 12.2 Å². The maximum Gasteiger partial charge on any atom is 0.190 e. The number of phenols is 2. The standard InChI is InChI=1S/C22H27N3O6/c1-10(23-12(3)26)25(11(2)24-13(4)27)16-5-6-17(28)14-9-15-18(29)7-8-19(30)21(15)22(31)20(14)16/h5-13,23-24,26-28,31H,1-4H3. The van der Waals surface area contributed by atoms with Gasteiger partial charge in [0.05, 0.1) is 29.0 Å². The van der Waals surface area contributed by atoms with Crippen LogP contribution in [0.25, 0.3) is 10.8 Å². The van der Waals surface area contributed by atoms with E-state index < -0.39 is 42.1 Å². The molecule has 2 aromatic carbocycles. The van der Waals surface area contributed by atoms with Gasteiger partial charge in [-0.2, -0.15) is 0 Å². The molecule has 0 bridgehead atoms. The van der Waals surface area contributed by atoms with E-state index in [1.54, 1.807) is 38.7 Å². The maximum atomic E-state index is 12.5. The lowest BCUT2D eigenvalue weighted by atomic mass is 9.89. The number of hydrogen-bond donors (Lipinski definition) is 6. The molecule has 1 aliphatic rings. The van der Waals surface area contributed by atoms with Gasteiger partial charge < -0.3 is 25.3 Å². The van der Waals surface area contributed by atoms with Gasteiger partial charge in [-0.15, -0.1) is 0 Å². The van der Waals surface area contributed by atoms with E-state index in [0.29, 0.717) is 5.69 Å². The highest BCUT2D eigenvalue weighted by atomic mass is 16.3. The van der Waals surface area contributed by atoms with Gasteiger partial charge >= 0.3 is 0 Å². The molecule has 166 valence electrons. The van der Waals surface area contributed by atoms with Crippen molar-refractivity contribution in [3.8, 4) is 11.5 Å². The van der Waals surface area contributed by atoms with Gasteiger partial charge in [-0.05, 0) is 58.0 Å². The highest BCUT2D eigenvalue weighted by molar-refractivity contribution is 6.26. The molecule has 0 fully saturated rings. The van der Waals surface area contributed by atoms with Gasteiger partial charge in [0.15, 0.2) is 11.6 Å². The second-order valence-corrected chi connectivity index (χ2v) is 7.68. The molecule has 0 aliphatic heterocycles. The Kier molecular flexibility index (Phi) is 6.33. The molecule has 31 heavy (non-hydrogen) atoms. The Bertz CT molecular complexity index is 1050. The first-order valence-corrected chi connectivity index (χ1v) is 9.97. The Morgan fingerprint density at radius 2 is 1.42 bits per heavy atom. The summed E-state index contributed by atoms with van der Waals surface area (Å²) in [6.07, 6.45) is -0.475. The molecule has 0 heterocycles. The van der Waals surface area contributed by atoms with Crippen LogP contribution in [0, 0.1) is 0 Å². The van der Waals surface area contributed by atoms with E-state index in [1.165, 1.54) is 12.1 Å². The molecule has 9 heteroatoms. The second-order valence-electron chi connectivity index (χ2n) is 7.68. The number of fused-ring (bicyclic) bond motifs is 2. The number of aliphatic hydroxyl groups is 2. The van der Waals surface area contributed by atoms with Crippen molar-refractivity contribution < 1.29 is 30.0 Å². The Balaban J connectivity index is 2.31. The van der Waals surface area contributed by atoms with Crippen molar-refractivity contribution >= 4 is 28.0 Å². The summed E-state index contributed by atoms with van der Waals surface area (Å²) < 4.78 is 0. The molecule has 4 atom stereocenters. The lowest BCUT2D eigenvalue weighted by Gasteiger charge is -2.39. The lowest BCUT2D eigenvalue weighted by Crippen LogP contribution is -2.56. The summed E-state index contributed by atoms with van der Waals surface area (Å²) in [5.74, 6) is -1.54. The number of aliphatic hydroxyl groups excluding tert-OH is 2. The number of phenolic OH excluding ortho intramolecular Hbond substituents is 2. The van der Waals surface area contributed by atoms with Crippen LogP contribution in [0.15, 0.2) is 30.4 Å². The summed E-state index contributed by atoms with van der Waals surface area (Å²) in [6, 6.07) is 4.38. The van der Waals surface area contributed by atoms with Gasteiger partial charge in [0.25, 0.3) is 0 Å².